The molecule has 0 bridgehead atoms. The molecule has 8 heteroatoms. The molecule has 1 amide bonds. The number of carbonyl (C=O) groups is 1. The highest BCUT2D eigenvalue weighted by molar-refractivity contribution is 7.07. The molecule has 0 saturated heterocycles. The zero-order valence-corrected chi connectivity index (χ0v) is 16.0. The average Bonchev–Trinajstić information content (AvgIpc) is 3.29. The number of nitrogens with one attached hydrogen (secondary N) is 1. The average molecular weight is 394 g/mol. The Hall–Kier alpha value is -3.39. The Balaban J connectivity index is 1.78. The molecule has 0 spiro atoms. The van der Waals surface area contributed by atoms with Gasteiger partial charge < -0.3 is 14.5 Å². The minimum atomic E-state index is -0.171. The summed E-state index contributed by atoms with van der Waals surface area (Å²) in [6.07, 6.45) is 3.38. The molecular weight excluding hydrogens is 376 g/mol. The molecule has 1 aliphatic heterocycles. The first-order valence-corrected chi connectivity index (χ1v) is 9.52. The fraction of sp³-hybridized carbons (Fsp3) is 0.150. The maximum Gasteiger partial charge on any atom is 0.262 e. The monoisotopic (exact) mass is 394 g/mol. The van der Waals surface area contributed by atoms with Gasteiger partial charge in [0.15, 0.2) is 6.61 Å². The Bertz CT molecular complexity index is 1140. The van der Waals surface area contributed by atoms with Crippen LogP contribution in [-0.4, -0.2) is 29.9 Å². The first-order chi connectivity index (χ1) is 13.6. The first-order valence-electron chi connectivity index (χ1n) is 8.64. The summed E-state index contributed by atoms with van der Waals surface area (Å²) in [6, 6.07) is 9.38. The molecule has 142 valence electrons. The van der Waals surface area contributed by atoms with E-state index in [1.54, 1.807) is 17.0 Å². The molecule has 3 aromatic rings. The van der Waals surface area contributed by atoms with Crippen LogP contribution >= 0.6 is 11.3 Å². The van der Waals surface area contributed by atoms with Crippen LogP contribution in [-0.2, 0) is 4.79 Å². The van der Waals surface area contributed by atoms with Crippen LogP contribution in [0.25, 0.3) is 11.3 Å². The quantitative estimate of drug-likeness (QED) is 0.532. The van der Waals surface area contributed by atoms with Gasteiger partial charge in [0.05, 0.1) is 24.1 Å². The lowest BCUT2D eigenvalue weighted by Crippen LogP contribution is -2.25. The van der Waals surface area contributed by atoms with Crippen LogP contribution in [0.15, 0.2) is 62.9 Å². The van der Waals surface area contributed by atoms with Crippen molar-refractivity contribution in [1.82, 2.24) is 4.68 Å². The number of ether oxygens (including phenoxy) is 1. The van der Waals surface area contributed by atoms with Crippen LogP contribution in [0.3, 0.4) is 0 Å². The molecule has 1 aromatic carbocycles. The molecular formula is C20H18N4O3S. The van der Waals surface area contributed by atoms with E-state index in [1.165, 1.54) is 11.3 Å². The Morgan fingerprint density at radius 1 is 1.36 bits per heavy atom. The fourth-order valence-corrected chi connectivity index (χ4v) is 3.59. The molecule has 1 aliphatic rings. The van der Waals surface area contributed by atoms with Crippen molar-refractivity contribution in [3.8, 4) is 17.0 Å². The normalized spacial score (nSPS) is 14.0. The maximum atomic E-state index is 11.6. The summed E-state index contributed by atoms with van der Waals surface area (Å²) in [4.78, 5) is 16.9. The van der Waals surface area contributed by atoms with E-state index in [-0.39, 0.29) is 12.5 Å². The third kappa shape index (κ3) is 3.67. The maximum absolute atomic E-state index is 11.6. The predicted octanol–water partition coefficient (Wildman–Crippen LogP) is 3.42. The van der Waals surface area contributed by atoms with Gasteiger partial charge in [0, 0.05) is 10.9 Å². The molecule has 2 aromatic heterocycles. The van der Waals surface area contributed by atoms with Crippen molar-refractivity contribution in [2.45, 2.75) is 6.92 Å². The van der Waals surface area contributed by atoms with Gasteiger partial charge in [-0.3, -0.25) is 9.79 Å². The lowest BCUT2D eigenvalue weighted by molar-refractivity contribution is -0.118. The number of carbonyl (C=O) groups excluding carboxylic acids is 1. The number of furan rings is 1. The van der Waals surface area contributed by atoms with Crippen molar-refractivity contribution >= 4 is 29.1 Å². The number of benzene rings is 1. The van der Waals surface area contributed by atoms with Gasteiger partial charge in [0.25, 0.3) is 5.91 Å². The van der Waals surface area contributed by atoms with E-state index in [1.807, 2.05) is 42.6 Å². The smallest absolute Gasteiger partial charge is 0.262 e. The highest BCUT2D eigenvalue weighted by Gasteiger charge is 2.17. The van der Waals surface area contributed by atoms with E-state index in [2.05, 4.69) is 22.0 Å². The van der Waals surface area contributed by atoms with Crippen molar-refractivity contribution < 1.29 is 13.9 Å². The van der Waals surface area contributed by atoms with Crippen LogP contribution in [0.4, 0.5) is 5.69 Å². The van der Waals surface area contributed by atoms with Crippen molar-refractivity contribution in [3.05, 3.63) is 64.7 Å². The highest BCUT2D eigenvalue weighted by atomic mass is 32.1. The summed E-state index contributed by atoms with van der Waals surface area (Å²) in [5.74, 6) is 1.95. The topological polar surface area (TPSA) is 81.1 Å². The van der Waals surface area contributed by atoms with Crippen molar-refractivity contribution in [2.24, 2.45) is 10.1 Å². The largest absolute Gasteiger partial charge is 0.482 e. The molecule has 0 unspecified atom stereocenters. The van der Waals surface area contributed by atoms with Gasteiger partial charge in [0.1, 0.15) is 17.3 Å². The van der Waals surface area contributed by atoms with Crippen molar-refractivity contribution in [3.63, 3.8) is 0 Å². The standard InChI is InChI=1S/C20H18N4O3S/c1-3-8-21-20-24(22-10-15-6-4-13(2)27-15)17(12-28-20)14-5-7-18-16(9-14)23-19(25)11-26-18/h3-7,9-10,12H,1,8,11H2,2H3,(H,23,25)/b21-20?,22-10-. The second-order valence-electron chi connectivity index (χ2n) is 6.09. The van der Waals surface area contributed by atoms with E-state index in [9.17, 15) is 4.79 Å². The number of aromatic nitrogens is 1. The second kappa shape index (κ2) is 7.69. The Morgan fingerprint density at radius 3 is 3.04 bits per heavy atom. The molecule has 28 heavy (non-hydrogen) atoms. The van der Waals surface area contributed by atoms with Crippen LogP contribution in [0.1, 0.15) is 11.5 Å². The summed E-state index contributed by atoms with van der Waals surface area (Å²) < 4.78 is 12.7. The Labute approximate surface area is 165 Å². The minimum absolute atomic E-state index is 0.0300. The Kier molecular flexibility index (Phi) is 4.94. The number of thiazole rings is 1. The fourth-order valence-electron chi connectivity index (χ4n) is 2.74. The molecule has 7 nitrogen and oxygen atoms in total. The number of hydrogen-bond acceptors (Lipinski definition) is 6. The Morgan fingerprint density at radius 2 is 2.25 bits per heavy atom. The van der Waals surface area contributed by atoms with E-state index in [4.69, 9.17) is 9.15 Å². The van der Waals surface area contributed by atoms with Crippen LogP contribution in [0.5, 0.6) is 5.75 Å². The van der Waals surface area contributed by atoms with Gasteiger partial charge in [-0.15, -0.1) is 17.9 Å². The van der Waals surface area contributed by atoms with Crippen LogP contribution in [0.2, 0.25) is 0 Å². The number of fused-ring (bicyclic) bond motifs is 1. The lowest BCUT2D eigenvalue weighted by Gasteiger charge is -2.18. The van der Waals surface area contributed by atoms with Gasteiger partial charge in [-0.1, -0.05) is 6.08 Å². The number of amides is 1. The molecule has 0 fully saturated rings. The second-order valence-corrected chi connectivity index (χ2v) is 6.92. The summed E-state index contributed by atoms with van der Waals surface area (Å²) in [7, 11) is 0. The SMILES string of the molecule is C=CCN=c1scc(-c2ccc3c(c2)NC(=O)CO3)n1/N=C\c1ccc(C)o1. The molecule has 4 rings (SSSR count). The van der Waals surface area contributed by atoms with Gasteiger partial charge in [0.2, 0.25) is 4.80 Å². The predicted molar refractivity (Wildman–Crippen MR) is 109 cm³/mol. The number of rotatable bonds is 5. The first kappa shape index (κ1) is 18.0. The van der Waals surface area contributed by atoms with E-state index in [0.717, 1.165) is 21.8 Å². The zero-order valence-electron chi connectivity index (χ0n) is 15.2. The number of aryl methyl sites for hydroxylation is 1. The zero-order chi connectivity index (χ0) is 19.5. The van der Waals surface area contributed by atoms with Gasteiger partial charge >= 0.3 is 0 Å². The lowest BCUT2D eigenvalue weighted by atomic mass is 10.1. The third-order valence-electron chi connectivity index (χ3n) is 4.01. The summed E-state index contributed by atoms with van der Waals surface area (Å²) >= 11 is 1.47. The summed E-state index contributed by atoms with van der Waals surface area (Å²) in [5.41, 5.74) is 2.37. The highest BCUT2D eigenvalue weighted by Crippen LogP contribution is 2.32. The molecule has 0 aliphatic carbocycles. The molecule has 0 radical (unpaired) electrons. The summed E-state index contributed by atoms with van der Waals surface area (Å²) in [5, 5.41) is 9.37. The number of nitrogens with zero attached hydrogens (tertiary/aromatic N) is 3. The minimum Gasteiger partial charge on any atom is -0.482 e. The number of anilines is 1. The molecule has 3 heterocycles. The molecule has 0 atom stereocenters. The summed E-state index contributed by atoms with van der Waals surface area (Å²) in [6.45, 7) is 6.12. The molecule has 1 N–H and O–H groups in total. The van der Waals surface area contributed by atoms with Crippen molar-refractivity contribution in [1.29, 1.82) is 0 Å². The van der Waals surface area contributed by atoms with Gasteiger partial charge in [-0.05, 0) is 37.3 Å². The van der Waals surface area contributed by atoms with Crippen LogP contribution in [0, 0.1) is 6.92 Å². The van der Waals surface area contributed by atoms with E-state index >= 15 is 0 Å². The van der Waals surface area contributed by atoms with Crippen LogP contribution < -0.4 is 14.9 Å². The van der Waals surface area contributed by atoms with E-state index < -0.39 is 0 Å². The van der Waals surface area contributed by atoms with Gasteiger partial charge in [-0.2, -0.15) is 5.10 Å². The van der Waals surface area contributed by atoms with Gasteiger partial charge in [-0.25, -0.2) is 4.68 Å². The van der Waals surface area contributed by atoms with Crippen molar-refractivity contribution in [2.75, 3.05) is 18.5 Å². The van der Waals surface area contributed by atoms with E-state index in [0.29, 0.717) is 23.7 Å². The molecule has 0 saturated carbocycles. The number of hydrogen-bond donors (Lipinski definition) is 1. The third-order valence-corrected chi connectivity index (χ3v) is 4.86.